The Balaban J connectivity index is 1.21. The van der Waals surface area contributed by atoms with Crippen molar-refractivity contribution in [3.05, 3.63) is 102 Å². The molecule has 1 aliphatic rings. The first-order chi connectivity index (χ1) is 18.6. The van der Waals surface area contributed by atoms with Crippen LogP contribution in [0.2, 0.25) is 0 Å². The zero-order valence-corrected chi connectivity index (χ0v) is 21.6. The molecule has 0 bridgehead atoms. The second kappa shape index (κ2) is 10.7. The number of carbonyl (C=O) groups is 1. The maximum atomic E-state index is 13.3. The number of rotatable bonds is 6. The number of aromatic nitrogens is 2. The molecule has 2 aromatic carbocycles. The van der Waals surface area contributed by atoms with Gasteiger partial charge in [0.05, 0.1) is 27.4 Å². The molecule has 1 amide bonds. The van der Waals surface area contributed by atoms with Gasteiger partial charge in [-0.05, 0) is 42.0 Å². The van der Waals surface area contributed by atoms with E-state index in [9.17, 15) is 26.4 Å². The van der Waals surface area contributed by atoms with Crippen molar-refractivity contribution in [1.29, 1.82) is 0 Å². The lowest BCUT2D eigenvalue weighted by Gasteiger charge is -2.35. The number of sulfone groups is 1. The summed E-state index contributed by atoms with van der Waals surface area (Å²) in [6.07, 6.45) is -1.57. The highest BCUT2D eigenvalue weighted by Gasteiger charge is 2.34. The second-order valence-corrected chi connectivity index (χ2v) is 11.3. The molecule has 0 saturated carbocycles. The average Bonchev–Trinajstić information content (AvgIpc) is 2.93. The largest absolute Gasteiger partial charge is 0.418 e. The Kier molecular flexibility index (Phi) is 7.37. The maximum absolute atomic E-state index is 13.3. The van der Waals surface area contributed by atoms with Crippen LogP contribution in [-0.4, -0.2) is 60.3 Å². The first-order valence-corrected chi connectivity index (χ1v) is 14.0. The minimum Gasteiger partial charge on any atom is -0.336 e. The number of carbonyl (C=O) groups excluding carboxylic acids is 1. The van der Waals surface area contributed by atoms with Crippen LogP contribution in [0.1, 0.15) is 27.2 Å². The van der Waals surface area contributed by atoms with Gasteiger partial charge in [0, 0.05) is 56.1 Å². The lowest BCUT2D eigenvalue weighted by atomic mass is 10.1. The zero-order chi connectivity index (χ0) is 27.6. The van der Waals surface area contributed by atoms with Gasteiger partial charge in [-0.1, -0.05) is 30.3 Å². The van der Waals surface area contributed by atoms with Gasteiger partial charge >= 0.3 is 6.18 Å². The molecule has 0 unspecified atom stereocenters. The Morgan fingerprint density at radius 2 is 1.51 bits per heavy atom. The van der Waals surface area contributed by atoms with Gasteiger partial charge in [0.2, 0.25) is 0 Å². The Bertz CT molecular complexity index is 1600. The van der Waals surface area contributed by atoms with E-state index in [1.54, 1.807) is 65.7 Å². The molecule has 4 aromatic rings. The van der Waals surface area contributed by atoms with Gasteiger partial charge in [0.25, 0.3) is 5.91 Å². The SMILES string of the molecule is O=C(c1ccc(CS(=O)(=O)c2cccc3cccnc23)cc1)N1CCN(Cc2ncccc2C(F)(F)F)CC1. The fourth-order valence-electron chi connectivity index (χ4n) is 4.69. The van der Waals surface area contributed by atoms with E-state index < -0.39 is 21.6 Å². The van der Waals surface area contributed by atoms with Crippen molar-refractivity contribution in [2.24, 2.45) is 0 Å². The average molecular weight is 555 g/mol. The van der Waals surface area contributed by atoms with Crippen LogP contribution < -0.4 is 0 Å². The number of halogens is 3. The van der Waals surface area contributed by atoms with E-state index in [0.29, 0.717) is 42.8 Å². The number of nitrogens with zero attached hydrogens (tertiary/aromatic N) is 4. The van der Waals surface area contributed by atoms with Crippen LogP contribution in [0.3, 0.4) is 0 Å². The predicted octanol–water partition coefficient (Wildman–Crippen LogP) is 4.58. The molecule has 39 heavy (non-hydrogen) atoms. The number of hydrogen-bond donors (Lipinski definition) is 0. The summed E-state index contributed by atoms with van der Waals surface area (Å²) >= 11 is 0. The summed E-state index contributed by atoms with van der Waals surface area (Å²) in [6.45, 7) is 1.59. The van der Waals surface area contributed by atoms with Crippen LogP contribution in [0, 0.1) is 0 Å². The molecule has 0 spiro atoms. The van der Waals surface area contributed by atoms with E-state index in [4.69, 9.17) is 0 Å². The first-order valence-electron chi connectivity index (χ1n) is 12.3. The van der Waals surface area contributed by atoms with Crippen molar-refractivity contribution < 1.29 is 26.4 Å². The van der Waals surface area contributed by atoms with Crippen molar-refractivity contribution in [3.8, 4) is 0 Å². The summed E-state index contributed by atoms with van der Waals surface area (Å²) in [7, 11) is -3.68. The molecule has 0 radical (unpaired) electrons. The second-order valence-electron chi connectivity index (χ2n) is 9.35. The third kappa shape index (κ3) is 5.94. The molecule has 202 valence electrons. The van der Waals surface area contributed by atoms with E-state index in [1.165, 1.54) is 12.3 Å². The molecule has 5 rings (SSSR count). The molecular formula is C28H25F3N4O3S. The molecular weight excluding hydrogens is 529 g/mol. The third-order valence-corrected chi connectivity index (χ3v) is 8.43. The summed E-state index contributed by atoms with van der Waals surface area (Å²) in [6, 6.07) is 17.3. The standard InChI is InChI=1S/C28H25F3N4O3S/c29-28(30,31)23-6-3-12-32-24(23)18-34-14-16-35(17-15-34)27(36)22-10-8-20(9-11-22)19-39(37,38)25-7-1-4-21-5-2-13-33-26(21)25/h1-13H,14-19H2. The number of benzene rings is 2. The van der Waals surface area contributed by atoms with Gasteiger partial charge in [-0.25, -0.2) is 8.42 Å². The summed E-state index contributed by atoms with van der Waals surface area (Å²) in [5.41, 5.74) is 0.598. The summed E-state index contributed by atoms with van der Waals surface area (Å²) in [4.78, 5) is 24.8. The summed E-state index contributed by atoms with van der Waals surface area (Å²) in [5.74, 6) is -0.445. The smallest absolute Gasteiger partial charge is 0.336 e. The van der Waals surface area contributed by atoms with E-state index in [-0.39, 0.29) is 28.8 Å². The predicted molar refractivity (Wildman–Crippen MR) is 139 cm³/mol. The molecule has 0 N–H and O–H groups in total. The van der Waals surface area contributed by atoms with Gasteiger partial charge in [0.15, 0.2) is 9.84 Å². The minimum atomic E-state index is -4.47. The number of para-hydroxylation sites is 1. The molecule has 7 nitrogen and oxygen atoms in total. The highest BCUT2D eigenvalue weighted by Crippen LogP contribution is 2.31. The number of amides is 1. The van der Waals surface area contributed by atoms with E-state index in [0.717, 1.165) is 11.5 Å². The van der Waals surface area contributed by atoms with Crippen molar-refractivity contribution in [3.63, 3.8) is 0 Å². The van der Waals surface area contributed by atoms with Gasteiger partial charge < -0.3 is 4.90 Å². The van der Waals surface area contributed by atoms with Gasteiger partial charge in [-0.3, -0.25) is 19.7 Å². The van der Waals surface area contributed by atoms with Gasteiger partial charge in [0.1, 0.15) is 0 Å². The van der Waals surface area contributed by atoms with Crippen molar-refractivity contribution in [2.75, 3.05) is 26.2 Å². The molecule has 0 atom stereocenters. The number of fused-ring (bicyclic) bond motifs is 1. The lowest BCUT2D eigenvalue weighted by Crippen LogP contribution is -2.48. The molecule has 1 fully saturated rings. The number of pyridine rings is 2. The van der Waals surface area contributed by atoms with E-state index in [1.807, 2.05) is 4.90 Å². The normalized spacial score (nSPS) is 15.0. The molecule has 11 heteroatoms. The monoisotopic (exact) mass is 554 g/mol. The zero-order valence-electron chi connectivity index (χ0n) is 20.8. The quantitative estimate of drug-likeness (QED) is 0.347. The highest BCUT2D eigenvalue weighted by atomic mass is 32.2. The van der Waals surface area contributed by atoms with Crippen molar-refractivity contribution in [2.45, 2.75) is 23.4 Å². The summed E-state index contributed by atoms with van der Waals surface area (Å²) < 4.78 is 66.1. The topological polar surface area (TPSA) is 83.5 Å². The van der Waals surface area contributed by atoms with Crippen LogP contribution >= 0.6 is 0 Å². The van der Waals surface area contributed by atoms with Crippen molar-refractivity contribution in [1.82, 2.24) is 19.8 Å². The third-order valence-electron chi connectivity index (χ3n) is 6.72. The minimum absolute atomic E-state index is 0.0328. The molecule has 0 aliphatic carbocycles. The highest BCUT2D eigenvalue weighted by molar-refractivity contribution is 7.90. The van der Waals surface area contributed by atoms with Crippen LogP contribution in [0.25, 0.3) is 10.9 Å². The summed E-state index contributed by atoms with van der Waals surface area (Å²) in [5, 5.41) is 0.737. The fourth-order valence-corrected chi connectivity index (χ4v) is 6.23. The van der Waals surface area contributed by atoms with E-state index in [2.05, 4.69) is 9.97 Å². The number of alkyl halides is 3. The van der Waals surface area contributed by atoms with Crippen LogP contribution in [0.4, 0.5) is 13.2 Å². The lowest BCUT2D eigenvalue weighted by molar-refractivity contribution is -0.138. The Morgan fingerprint density at radius 3 is 2.23 bits per heavy atom. The first kappa shape index (κ1) is 26.8. The van der Waals surface area contributed by atoms with Crippen LogP contribution in [-0.2, 0) is 28.3 Å². The van der Waals surface area contributed by atoms with Gasteiger partial charge in [-0.2, -0.15) is 13.2 Å². The fraction of sp³-hybridized carbons (Fsp3) is 0.250. The Morgan fingerprint density at radius 1 is 0.846 bits per heavy atom. The number of piperazine rings is 1. The van der Waals surface area contributed by atoms with Crippen LogP contribution in [0.15, 0.2) is 84.0 Å². The Labute approximate surface area is 223 Å². The van der Waals surface area contributed by atoms with E-state index >= 15 is 0 Å². The van der Waals surface area contributed by atoms with Crippen LogP contribution in [0.5, 0.6) is 0 Å². The molecule has 2 aromatic heterocycles. The molecule has 1 aliphatic heterocycles. The number of hydrogen-bond acceptors (Lipinski definition) is 6. The Hall–Kier alpha value is -3.83. The maximum Gasteiger partial charge on any atom is 0.418 e. The van der Waals surface area contributed by atoms with Gasteiger partial charge in [-0.15, -0.1) is 0 Å². The molecule has 3 heterocycles. The van der Waals surface area contributed by atoms with Crippen molar-refractivity contribution >= 4 is 26.6 Å². The molecule has 1 saturated heterocycles.